The number of benzene rings is 1. The molecule has 1 fully saturated rings. The van der Waals surface area contributed by atoms with Crippen molar-refractivity contribution in [3.8, 4) is 0 Å². The van der Waals surface area contributed by atoms with Crippen LogP contribution in [0.25, 0.3) is 0 Å². The Labute approximate surface area is 116 Å². The Morgan fingerprint density at radius 1 is 1.45 bits per heavy atom. The lowest BCUT2D eigenvalue weighted by Crippen LogP contribution is -2.47. The SMILES string of the molecule is CC(NC(=O)N1CCCC(O)C1)c1ccc(F)c(F)c1. The second-order valence-corrected chi connectivity index (χ2v) is 5.09. The van der Waals surface area contributed by atoms with E-state index in [4.69, 9.17) is 0 Å². The van der Waals surface area contributed by atoms with Gasteiger partial charge in [0.25, 0.3) is 0 Å². The van der Waals surface area contributed by atoms with Crippen molar-refractivity contribution in [3.63, 3.8) is 0 Å². The Balaban J connectivity index is 1.97. The molecule has 110 valence electrons. The number of amides is 2. The maximum atomic E-state index is 13.2. The van der Waals surface area contributed by atoms with Gasteiger partial charge in [0, 0.05) is 13.1 Å². The number of aliphatic hydroxyl groups excluding tert-OH is 1. The van der Waals surface area contributed by atoms with Gasteiger partial charge in [-0.15, -0.1) is 0 Å². The van der Waals surface area contributed by atoms with Gasteiger partial charge in [-0.25, -0.2) is 13.6 Å². The lowest BCUT2D eigenvalue weighted by Gasteiger charge is -2.31. The molecule has 0 spiro atoms. The first-order valence-electron chi connectivity index (χ1n) is 6.66. The first kappa shape index (κ1) is 14.7. The van der Waals surface area contributed by atoms with Crippen LogP contribution in [0.1, 0.15) is 31.4 Å². The minimum absolute atomic E-state index is 0.302. The molecule has 1 aliphatic rings. The van der Waals surface area contributed by atoms with Crippen molar-refractivity contribution < 1.29 is 18.7 Å². The second kappa shape index (κ2) is 6.17. The van der Waals surface area contributed by atoms with Crippen LogP contribution < -0.4 is 5.32 Å². The molecule has 0 aromatic heterocycles. The normalized spacial score (nSPS) is 20.6. The number of aliphatic hydroxyl groups is 1. The minimum Gasteiger partial charge on any atom is -0.391 e. The summed E-state index contributed by atoms with van der Waals surface area (Å²) in [5.41, 5.74) is 0.495. The van der Waals surface area contributed by atoms with Crippen LogP contribution in [0.15, 0.2) is 18.2 Å². The highest BCUT2D eigenvalue weighted by Gasteiger charge is 2.23. The van der Waals surface area contributed by atoms with E-state index in [9.17, 15) is 18.7 Å². The number of carbonyl (C=O) groups is 1. The molecule has 0 saturated carbocycles. The summed E-state index contributed by atoms with van der Waals surface area (Å²) in [6, 6.07) is 2.82. The van der Waals surface area contributed by atoms with Gasteiger partial charge in [0.2, 0.25) is 0 Å². The van der Waals surface area contributed by atoms with Crippen LogP contribution in [-0.4, -0.2) is 35.2 Å². The van der Waals surface area contributed by atoms with Crippen molar-refractivity contribution in [2.75, 3.05) is 13.1 Å². The molecule has 1 aliphatic heterocycles. The number of likely N-dealkylation sites (tertiary alicyclic amines) is 1. The molecule has 2 amide bonds. The Morgan fingerprint density at radius 3 is 2.85 bits per heavy atom. The molecule has 6 heteroatoms. The van der Waals surface area contributed by atoms with Crippen molar-refractivity contribution >= 4 is 6.03 Å². The summed E-state index contributed by atoms with van der Waals surface area (Å²) in [7, 11) is 0. The Morgan fingerprint density at radius 2 is 2.20 bits per heavy atom. The van der Waals surface area contributed by atoms with Crippen LogP contribution in [0, 0.1) is 11.6 Å². The summed E-state index contributed by atoms with van der Waals surface area (Å²) in [6.45, 7) is 2.59. The molecule has 0 radical (unpaired) electrons. The molecule has 20 heavy (non-hydrogen) atoms. The number of nitrogens with zero attached hydrogens (tertiary/aromatic N) is 1. The van der Waals surface area contributed by atoms with Gasteiger partial charge in [-0.05, 0) is 37.5 Å². The van der Waals surface area contributed by atoms with Crippen molar-refractivity contribution in [3.05, 3.63) is 35.4 Å². The average molecular weight is 284 g/mol. The smallest absolute Gasteiger partial charge is 0.317 e. The van der Waals surface area contributed by atoms with E-state index in [0.29, 0.717) is 25.1 Å². The third-order valence-corrected chi connectivity index (χ3v) is 3.47. The summed E-state index contributed by atoms with van der Waals surface area (Å²) in [5.74, 6) is -1.84. The highest BCUT2D eigenvalue weighted by atomic mass is 19.2. The van der Waals surface area contributed by atoms with Crippen molar-refractivity contribution in [1.82, 2.24) is 10.2 Å². The molecule has 2 rings (SSSR count). The van der Waals surface area contributed by atoms with E-state index in [2.05, 4.69) is 5.32 Å². The third kappa shape index (κ3) is 3.45. The fourth-order valence-corrected chi connectivity index (χ4v) is 2.28. The fourth-order valence-electron chi connectivity index (χ4n) is 2.28. The molecule has 2 unspecified atom stereocenters. The number of carbonyl (C=O) groups excluding carboxylic acids is 1. The number of β-amino-alcohol motifs (C(OH)–C–C–N with tert-alkyl or cyclic N) is 1. The highest BCUT2D eigenvalue weighted by Crippen LogP contribution is 2.17. The number of hydrogen-bond acceptors (Lipinski definition) is 2. The number of urea groups is 1. The van der Waals surface area contributed by atoms with E-state index >= 15 is 0 Å². The lowest BCUT2D eigenvalue weighted by molar-refractivity contribution is 0.0835. The molecule has 1 heterocycles. The van der Waals surface area contributed by atoms with E-state index in [1.165, 1.54) is 11.0 Å². The molecule has 0 aliphatic carbocycles. The first-order valence-corrected chi connectivity index (χ1v) is 6.66. The van der Waals surface area contributed by atoms with E-state index in [1.54, 1.807) is 6.92 Å². The van der Waals surface area contributed by atoms with E-state index in [0.717, 1.165) is 18.6 Å². The number of rotatable bonds is 2. The van der Waals surface area contributed by atoms with Gasteiger partial charge in [0.1, 0.15) is 0 Å². The zero-order valence-electron chi connectivity index (χ0n) is 11.3. The summed E-state index contributed by atoms with van der Waals surface area (Å²) in [4.78, 5) is 13.5. The summed E-state index contributed by atoms with van der Waals surface area (Å²) in [5, 5.41) is 12.3. The molecule has 4 nitrogen and oxygen atoms in total. The predicted octanol–water partition coefficient (Wildman–Crippen LogP) is 2.19. The van der Waals surface area contributed by atoms with Crippen LogP contribution in [0.3, 0.4) is 0 Å². The molecule has 1 aromatic rings. The standard InChI is InChI=1S/C14H18F2N2O2/c1-9(10-4-5-12(15)13(16)7-10)17-14(20)18-6-2-3-11(19)8-18/h4-5,7,9,11,19H,2-3,6,8H2,1H3,(H,17,20). The molecule has 0 bridgehead atoms. The summed E-state index contributed by atoms with van der Waals surface area (Å²) in [6.07, 6.45) is 0.962. The quantitative estimate of drug-likeness (QED) is 0.874. The van der Waals surface area contributed by atoms with Crippen LogP contribution in [0.4, 0.5) is 13.6 Å². The van der Waals surface area contributed by atoms with Gasteiger partial charge in [0.05, 0.1) is 12.1 Å². The van der Waals surface area contributed by atoms with Crippen LogP contribution >= 0.6 is 0 Å². The monoisotopic (exact) mass is 284 g/mol. The Bertz CT molecular complexity index is 496. The Hall–Kier alpha value is -1.69. The van der Waals surface area contributed by atoms with Crippen LogP contribution in [0.5, 0.6) is 0 Å². The van der Waals surface area contributed by atoms with Gasteiger partial charge < -0.3 is 15.3 Å². The van der Waals surface area contributed by atoms with Crippen molar-refractivity contribution in [1.29, 1.82) is 0 Å². The summed E-state index contributed by atoms with van der Waals surface area (Å²) < 4.78 is 26.0. The predicted molar refractivity (Wildman–Crippen MR) is 70.1 cm³/mol. The minimum atomic E-state index is -0.933. The van der Waals surface area contributed by atoms with Crippen molar-refractivity contribution in [2.45, 2.75) is 31.9 Å². The van der Waals surface area contributed by atoms with Crippen LogP contribution in [-0.2, 0) is 0 Å². The van der Waals surface area contributed by atoms with E-state index in [1.807, 2.05) is 0 Å². The topological polar surface area (TPSA) is 52.6 Å². The zero-order valence-corrected chi connectivity index (χ0v) is 11.3. The summed E-state index contributed by atoms with van der Waals surface area (Å²) >= 11 is 0. The molecule has 1 saturated heterocycles. The second-order valence-electron chi connectivity index (χ2n) is 5.09. The number of hydrogen-bond donors (Lipinski definition) is 2. The largest absolute Gasteiger partial charge is 0.391 e. The maximum Gasteiger partial charge on any atom is 0.317 e. The number of nitrogens with one attached hydrogen (secondary N) is 1. The van der Waals surface area contributed by atoms with Gasteiger partial charge in [-0.3, -0.25) is 0 Å². The third-order valence-electron chi connectivity index (χ3n) is 3.47. The molecular weight excluding hydrogens is 266 g/mol. The van der Waals surface area contributed by atoms with Crippen LogP contribution in [0.2, 0.25) is 0 Å². The first-order chi connectivity index (χ1) is 9.47. The van der Waals surface area contributed by atoms with E-state index < -0.39 is 23.8 Å². The highest BCUT2D eigenvalue weighted by molar-refractivity contribution is 5.74. The van der Waals surface area contributed by atoms with Gasteiger partial charge in [-0.1, -0.05) is 6.07 Å². The molecule has 2 atom stereocenters. The average Bonchev–Trinajstić information content (AvgIpc) is 2.41. The fraction of sp³-hybridized carbons (Fsp3) is 0.500. The zero-order chi connectivity index (χ0) is 14.7. The lowest BCUT2D eigenvalue weighted by atomic mass is 10.1. The van der Waals surface area contributed by atoms with Gasteiger partial charge in [0.15, 0.2) is 11.6 Å². The molecular formula is C14H18F2N2O2. The maximum absolute atomic E-state index is 13.2. The van der Waals surface area contributed by atoms with Crippen molar-refractivity contribution in [2.24, 2.45) is 0 Å². The Kier molecular flexibility index (Phi) is 4.54. The van der Waals surface area contributed by atoms with Gasteiger partial charge in [-0.2, -0.15) is 0 Å². The number of piperidine rings is 1. The van der Waals surface area contributed by atoms with E-state index in [-0.39, 0.29) is 6.03 Å². The van der Waals surface area contributed by atoms with Gasteiger partial charge >= 0.3 is 6.03 Å². The number of halogens is 2. The molecule has 2 N–H and O–H groups in total. The molecule has 1 aromatic carbocycles.